The molecule has 15 heavy (non-hydrogen) atoms. The maximum Gasteiger partial charge on any atom is 0.0524 e. The van der Waals surface area contributed by atoms with E-state index >= 15 is 0 Å². The topological polar surface area (TPSA) is 36.4 Å². The highest BCUT2D eigenvalue weighted by Crippen LogP contribution is 1.98. The van der Waals surface area contributed by atoms with Crippen molar-refractivity contribution in [1.29, 1.82) is 0 Å². The lowest BCUT2D eigenvalue weighted by Gasteiger charge is -2.16. The van der Waals surface area contributed by atoms with Gasteiger partial charge in [-0.05, 0) is 32.5 Å². The third-order valence-electron chi connectivity index (χ3n) is 2.40. The van der Waals surface area contributed by atoms with Gasteiger partial charge in [-0.25, -0.2) is 0 Å². The number of nitrogens with zero attached hydrogens (tertiary/aromatic N) is 2. The van der Waals surface area contributed by atoms with Gasteiger partial charge in [-0.15, -0.1) is 0 Å². The summed E-state index contributed by atoms with van der Waals surface area (Å²) in [6.45, 7) is 3.75. The number of rotatable bonds is 6. The minimum absolute atomic E-state index is 0.206. The van der Waals surface area contributed by atoms with Gasteiger partial charge >= 0.3 is 0 Å². The largest absolute Gasteiger partial charge is 0.393 e. The van der Waals surface area contributed by atoms with Crippen LogP contribution in [0.25, 0.3) is 0 Å². The summed E-state index contributed by atoms with van der Waals surface area (Å²) in [6.07, 6.45) is 3.42. The van der Waals surface area contributed by atoms with Gasteiger partial charge in [0.05, 0.1) is 6.10 Å². The molecule has 1 atom stereocenters. The molecule has 0 aliphatic heterocycles. The molecular formula is C12H20N2O. The lowest BCUT2D eigenvalue weighted by molar-refractivity contribution is 0.165. The first kappa shape index (κ1) is 12.1. The van der Waals surface area contributed by atoms with Gasteiger partial charge in [0.15, 0.2) is 0 Å². The average molecular weight is 208 g/mol. The first-order valence-electron chi connectivity index (χ1n) is 5.45. The third-order valence-corrected chi connectivity index (χ3v) is 2.40. The van der Waals surface area contributed by atoms with E-state index in [-0.39, 0.29) is 6.10 Å². The molecule has 1 aromatic rings. The number of aliphatic hydroxyl groups excluding tert-OH is 1. The van der Waals surface area contributed by atoms with Crippen molar-refractivity contribution in [3.63, 3.8) is 0 Å². The standard InChI is InChI=1S/C12H20N2O/c1-11(15)6-9-14(2)10-7-12-5-3-4-8-13-12/h3-5,8,11,15H,6-7,9-10H2,1-2H3. The molecule has 0 aliphatic carbocycles. The van der Waals surface area contributed by atoms with Crippen LogP contribution in [0.4, 0.5) is 0 Å². The number of likely N-dealkylation sites (N-methyl/N-ethyl adjacent to an activating group) is 1. The number of aromatic nitrogens is 1. The molecule has 0 saturated heterocycles. The van der Waals surface area contributed by atoms with Crippen LogP contribution in [0.5, 0.6) is 0 Å². The highest BCUT2D eigenvalue weighted by molar-refractivity contribution is 5.03. The molecule has 84 valence electrons. The molecule has 0 amide bonds. The van der Waals surface area contributed by atoms with Gasteiger partial charge < -0.3 is 10.0 Å². The van der Waals surface area contributed by atoms with Crippen LogP contribution < -0.4 is 0 Å². The fourth-order valence-corrected chi connectivity index (χ4v) is 1.37. The molecule has 0 aliphatic rings. The molecule has 3 heteroatoms. The van der Waals surface area contributed by atoms with E-state index in [1.807, 2.05) is 31.3 Å². The van der Waals surface area contributed by atoms with Gasteiger partial charge in [-0.3, -0.25) is 4.98 Å². The molecular weight excluding hydrogens is 188 g/mol. The summed E-state index contributed by atoms with van der Waals surface area (Å²) in [4.78, 5) is 6.49. The number of hydrogen-bond acceptors (Lipinski definition) is 3. The van der Waals surface area contributed by atoms with Crippen molar-refractivity contribution in [2.75, 3.05) is 20.1 Å². The third kappa shape index (κ3) is 5.50. The Labute approximate surface area is 91.8 Å². The maximum atomic E-state index is 9.15. The van der Waals surface area contributed by atoms with Crippen LogP contribution in [0, 0.1) is 0 Å². The van der Waals surface area contributed by atoms with Gasteiger partial charge in [-0.2, -0.15) is 0 Å². The molecule has 3 nitrogen and oxygen atoms in total. The van der Waals surface area contributed by atoms with Gasteiger partial charge in [0, 0.05) is 31.4 Å². The van der Waals surface area contributed by atoms with Crippen molar-refractivity contribution >= 4 is 0 Å². The second-order valence-electron chi connectivity index (χ2n) is 4.01. The molecule has 1 aromatic heterocycles. The fraction of sp³-hybridized carbons (Fsp3) is 0.583. The van der Waals surface area contributed by atoms with E-state index in [1.54, 1.807) is 0 Å². The Balaban J connectivity index is 2.19. The molecule has 1 N–H and O–H groups in total. The van der Waals surface area contributed by atoms with Gasteiger partial charge in [0.2, 0.25) is 0 Å². The Morgan fingerprint density at radius 2 is 2.20 bits per heavy atom. The second kappa shape index (κ2) is 6.53. The van der Waals surface area contributed by atoms with E-state index in [2.05, 4.69) is 16.9 Å². The first-order chi connectivity index (χ1) is 7.18. The molecule has 0 bridgehead atoms. The highest BCUT2D eigenvalue weighted by Gasteiger charge is 2.02. The van der Waals surface area contributed by atoms with Crippen molar-refractivity contribution < 1.29 is 5.11 Å². The second-order valence-corrected chi connectivity index (χ2v) is 4.01. The normalized spacial score (nSPS) is 13.1. The van der Waals surface area contributed by atoms with Crippen molar-refractivity contribution in [3.05, 3.63) is 30.1 Å². The van der Waals surface area contributed by atoms with Crippen LogP contribution in [-0.2, 0) is 6.42 Å². The van der Waals surface area contributed by atoms with E-state index in [0.717, 1.165) is 31.6 Å². The van der Waals surface area contributed by atoms with Crippen molar-refractivity contribution in [2.24, 2.45) is 0 Å². The average Bonchev–Trinajstić information content (AvgIpc) is 2.25. The Bertz CT molecular complexity index is 262. The van der Waals surface area contributed by atoms with E-state index in [9.17, 15) is 0 Å². The number of aliphatic hydroxyl groups is 1. The van der Waals surface area contributed by atoms with Crippen molar-refractivity contribution in [3.8, 4) is 0 Å². The lowest BCUT2D eigenvalue weighted by atomic mass is 10.2. The smallest absolute Gasteiger partial charge is 0.0524 e. The van der Waals surface area contributed by atoms with Crippen LogP contribution in [0.3, 0.4) is 0 Å². The summed E-state index contributed by atoms with van der Waals surface area (Å²) >= 11 is 0. The van der Waals surface area contributed by atoms with Gasteiger partial charge in [0.1, 0.15) is 0 Å². The van der Waals surface area contributed by atoms with Crippen LogP contribution in [0.15, 0.2) is 24.4 Å². The van der Waals surface area contributed by atoms with E-state index in [0.29, 0.717) is 0 Å². The van der Waals surface area contributed by atoms with E-state index < -0.39 is 0 Å². The molecule has 0 fully saturated rings. The monoisotopic (exact) mass is 208 g/mol. The molecule has 0 aromatic carbocycles. The summed E-state index contributed by atoms with van der Waals surface area (Å²) in [5.41, 5.74) is 1.13. The summed E-state index contributed by atoms with van der Waals surface area (Å²) < 4.78 is 0. The molecule has 1 heterocycles. The zero-order valence-corrected chi connectivity index (χ0v) is 9.56. The van der Waals surface area contributed by atoms with Crippen LogP contribution in [-0.4, -0.2) is 41.2 Å². The predicted molar refractivity (Wildman–Crippen MR) is 61.7 cm³/mol. The van der Waals surface area contributed by atoms with Crippen LogP contribution >= 0.6 is 0 Å². The van der Waals surface area contributed by atoms with Gasteiger partial charge in [0.25, 0.3) is 0 Å². The molecule has 0 saturated carbocycles. The quantitative estimate of drug-likeness (QED) is 0.766. The molecule has 1 unspecified atom stereocenters. The molecule has 0 spiro atoms. The van der Waals surface area contributed by atoms with Crippen molar-refractivity contribution in [1.82, 2.24) is 9.88 Å². The Kier molecular flexibility index (Phi) is 5.29. The maximum absolute atomic E-state index is 9.15. The minimum atomic E-state index is -0.206. The van der Waals surface area contributed by atoms with Crippen LogP contribution in [0.1, 0.15) is 19.0 Å². The summed E-state index contributed by atoms with van der Waals surface area (Å²) in [5.74, 6) is 0. The highest BCUT2D eigenvalue weighted by atomic mass is 16.3. The van der Waals surface area contributed by atoms with E-state index in [1.165, 1.54) is 0 Å². The van der Waals surface area contributed by atoms with E-state index in [4.69, 9.17) is 5.11 Å². The summed E-state index contributed by atoms with van der Waals surface area (Å²) in [5, 5.41) is 9.15. The predicted octanol–water partition coefficient (Wildman–Crippen LogP) is 1.33. The minimum Gasteiger partial charge on any atom is -0.393 e. The lowest BCUT2D eigenvalue weighted by Crippen LogP contribution is -2.25. The Morgan fingerprint density at radius 1 is 1.40 bits per heavy atom. The number of pyridine rings is 1. The fourth-order valence-electron chi connectivity index (χ4n) is 1.37. The Hall–Kier alpha value is -0.930. The zero-order chi connectivity index (χ0) is 11.1. The summed E-state index contributed by atoms with van der Waals surface area (Å²) in [7, 11) is 2.07. The van der Waals surface area contributed by atoms with Gasteiger partial charge in [-0.1, -0.05) is 6.07 Å². The number of hydrogen-bond donors (Lipinski definition) is 1. The zero-order valence-electron chi connectivity index (χ0n) is 9.56. The summed E-state index contributed by atoms with van der Waals surface area (Å²) in [6, 6.07) is 5.99. The molecule has 1 rings (SSSR count). The SMILES string of the molecule is CC(O)CCN(C)CCc1ccccn1. The van der Waals surface area contributed by atoms with Crippen molar-refractivity contribution in [2.45, 2.75) is 25.9 Å². The Morgan fingerprint density at radius 3 is 2.80 bits per heavy atom. The first-order valence-corrected chi connectivity index (χ1v) is 5.45. The molecule has 0 radical (unpaired) electrons. The van der Waals surface area contributed by atoms with Crippen LogP contribution in [0.2, 0.25) is 0 Å².